The first-order valence-corrected chi connectivity index (χ1v) is 14.8. The summed E-state index contributed by atoms with van der Waals surface area (Å²) in [4.78, 5) is 26.0. The smallest absolute Gasteiger partial charge is 0.412 e. The molecule has 0 saturated carbocycles. The van der Waals surface area contributed by atoms with Crippen LogP contribution in [0.5, 0.6) is 0 Å². The molecular weight excluding hydrogens is 489 g/mol. The molecule has 0 radical (unpaired) electrons. The molecule has 1 amide bonds. The number of hydrogen-bond acceptors (Lipinski definition) is 5. The molecule has 0 fully saturated rings. The number of thiophene rings is 1. The number of rotatable bonds is 19. The highest BCUT2D eigenvalue weighted by Gasteiger charge is 2.22. The molecule has 1 aromatic carbocycles. The molecule has 0 saturated heterocycles. The van der Waals surface area contributed by atoms with Gasteiger partial charge in [0.2, 0.25) is 6.36 Å². The fourth-order valence-corrected chi connectivity index (χ4v) is 5.15. The number of nitrogens with one attached hydrogen (secondary N) is 1. The lowest BCUT2D eigenvalue weighted by atomic mass is 10.1. The molecule has 1 heterocycles. The van der Waals surface area contributed by atoms with Crippen molar-refractivity contribution < 1.29 is 23.5 Å². The minimum Gasteiger partial charge on any atom is -0.449 e. The summed E-state index contributed by atoms with van der Waals surface area (Å²) in [6, 6.07) is 11.9. The Morgan fingerprint density at radius 1 is 0.892 bits per heavy atom. The Bertz CT molecular complexity index is 902. The molecule has 2 rings (SSSR count). The van der Waals surface area contributed by atoms with Crippen LogP contribution in [0.3, 0.4) is 0 Å². The van der Waals surface area contributed by atoms with Crippen LogP contribution >= 0.6 is 11.3 Å². The highest BCUT2D eigenvalue weighted by molar-refractivity contribution is 7.16. The van der Waals surface area contributed by atoms with Crippen LogP contribution in [0.25, 0.3) is 0 Å². The number of unbranched alkanes of at least 4 members (excludes halogenated alkanes) is 8. The number of carbonyl (C=O) groups excluding carboxylic acids is 2. The van der Waals surface area contributed by atoms with Crippen LogP contribution < -0.4 is 5.32 Å². The van der Waals surface area contributed by atoms with Gasteiger partial charge in [-0.2, -0.15) is 0 Å². The van der Waals surface area contributed by atoms with E-state index >= 15 is 0 Å². The zero-order chi connectivity index (χ0) is 26.7. The highest BCUT2D eigenvalue weighted by Crippen LogP contribution is 2.31. The van der Waals surface area contributed by atoms with Gasteiger partial charge in [0.25, 0.3) is 0 Å². The summed E-state index contributed by atoms with van der Waals surface area (Å²) in [5.41, 5.74) is 1.45. The van der Waals surface area contributed by atoms with Gasteiger partial charge in [0.1, 0.15) is 5.00 Å². The third-order valence-electron chi connectivity index (χ3n) is 6.18. The molecule has 0 aliphatic carbocycles. The Labute approximate surface area is 226 Å². The number of anilines is 1. The summed E-state index contributed by atoms with van der Waals surface area (Å²) in [5.74, 6) is -0.752. The van der Waals surface area contributed by atoms with E-state index in [9.17, 15) is 14.0 Å². The number of esters is 1. The molecule has 0 aliphatic rings. The van der Waals surface area contributed by atoms with Crippen molar-refractivity contribution in [2.45, 2.75) is 110 Å². The van der Waals surface area contributed by atoms with Crippen LogP contribution in [-0.2, 0) is 22.3 Å². The molecule has 7 heteroatoms. The Morgan fingerprint density at radius 3 is 2.27 bits per heavy atom. The molecule has 0 aliphatic heterocycles. The van der Waals surface area contributed by atoms with Gasteiger partial charge < -0.3 is 9.47 Å². The van der Waals surface area contributed by atoms with Crippen molar-refractivity contribution in [1.29, 1.82) is 0 Å². The topological polar surface area (TPSA) is 64.6 Å². The Hall–Kier alpha value is -2.41. The SMILES string of the molecule is CCCCCCCCCCc1cc(C(=O)OC(F)CCC)c(NC(=O)OCCCCc2ccccc2)s1. The second-order valence-corrected chi connectivity index (χ2v) is 10.6. The lowest BCUT2D eigenvalue weighted by Gasteiger charge is -2.10. The van der Waals surface area contributed by atoms with E-state index in [0.29, 0.717) is 11.4 Å². The summed E-state index contributed by atoms with van der Waals surface area (Å²) in [7, 11) is 0. The van der Waals surface area contributed by atoms with Gasteiger partial charge in [0, 0.05) is 11.3 Å². The van der Waals surface area contributed by atoms with Crippen molar-refractivity contribution >= 4 is 28.4 Å². The van der Waals surface area contributed by atoms with Gasteiger partial charge in [0.15, 0.2) is 0 Å². The minimum atomic E-state index is -1.65. The molecule has 0 spiro atoms. The van der Waals surface area contributed by atoms with Crippen molar-refractivity contribution in [1.82, 2.24) is 0 Å². The quantitative estimate of drug-likeness (QED) is 0.144. The molecule has 1 N–H and O–H groups in total. The van der Waals surface area contributed by atoms with Gasteiger partial charge >= 0.3 is 12.1 Å². The fourth-order valence-electron chi connectivity index (χ4n) is 4.08. The summed E-state index contributed by atoms with van der Waals surface area (Å²) < 4.78 is 24.2. The average Bonchev–Trinajstić information content (AvgIpc) is 3.28. The van der Waals surface area contributed by atoms with Gasteiger partial charge in [-0.05, 0) is 50.2 Å². The van der Waals surface area contributed by atoms with E-state index in [0.717, 1.165) is 43.4 Å². The second-order valence-electron chi connectivity index (χ2n) is 9.49. The van der Waals surface area contributed by atoms with E-state index in [1.807, 2.05) is 25.1 Å². The monoisotopic (exact) mass is 533 g/mol. The Balaban J connectivity index is 1.84. The summed E-state index contributed by atoms with van der Waals surface area (Å²) >= 11 is 1.34. The van der Waals surface area contributed by atoms with Crippen LogP contribution in [0.4, 0.5) is 14.2 Å². The fraction of sp³-hybridized carbons (Fsp3) is 0.600. The zero-order valence-corrected chi connectivity index (χ0v) is 23.4. The zero-order valence-electron chi connectivity index (χ0n) is 22.6. The summed E-state index contributed by atoms with van der Waals surface area (Å²) in [5, 5.41) is 3.05. The third kappa shape index (κ3) is 13.1. The van der Waals surface area contributed by atoms with Crippen molar-refractivity contribution in [2.24, 2.45) is 0 Å². The summed E-state index contributed by atoms with van der Waals surface area (Å²) in [6.45, 7) is 4.34. The molecule has 5 nitrogen and oxygen atoms in total. The predicted molar refractivity (Wildman–Crippen MR) is 150 cm³/mol. The largest absolute Gasteiger partial charge is 0.449 e. The molecule has 37 heavy (non-hydrogen) atoms. The standard InChI is InChI=1S/C30H44FNO4S/c1-3-5-6-7-8-9-10-14-21-25-23-26(29(33)36-27(31)17-4-2)28(37-25)32-30(34)35-22-16-15-20-24-18-12-11-13-19-24/h11-13,18-19,23,27H,3-10,14-17,20-22H2,1-2H3,(H,32,34). The average molecular weight is 534 g/mol. The lowest BCUT2D eigenvalue weighted by Crippen LogP contribution is -2.18. The van der Waals surface area contributed by atoms with Crippen molar-refractivity contribution in [2.75, 3.05) is 11.9 Å². The maximum atomic E-state index is 13.9. The summed E-state index contributed by atoms with van der Waals surface area (Å²) in [6.07, 6.45) is 11.6. The minimum absolute atomic E-state index is 0.148. The number of ether oxygens (including phenoxy) is 2. The van der Waals surface area contributed by atoms with Crippen LogP contribution in [0.1, 0.15) is 112 Å². The molecular formula is C30H44FNO4S. The molecule has 2 aromatic rings. The van der Waals surface area contributed by atoms with Crippen molar-refractivity contribution in [3.63, 3.8) is 0 Å². The molecule has 206 valence electrons. The molecule has 0 bridgehead atoms. The second kappa shape index (κ2) is 18.8. The first-order valence-electron chi connectivity index (χ1n) is 14.0. The number of hydrogen-bond donors (Lipinski definition) is 1. The van der Waals surface area contributed by atoms with Gasteiger partial charge in [-0.3, -0.25) is 5.32 Å². The van der Waals surface area contributed by atoms with Crippen LogP contribution in [0.15, 0.2) is 36.4 Å². The third-order valence-corrected chi connectivity index (χ3v) is 7.29. The molecule has 1 atom stereocenters. The van der Waals surface area contributed by atoms with Gasteiger partial charge in [0.05, 0.1) is 12.2 Å². The number of alkyl halides is 1. The van der Waals surface area contributed by atoms with Crippen LogP contribution in [0.2, 0.25) is 0 Å². The number of amides is 1. The van der Waals surface area contributed by atoms with Crippen LogP contribution in [0, 0.1) is 0 Å². The van der Waals surface area contributed by atoms with Crippen LogP contribution in [-0.4, -0.2) is 25.0 Å². The first-order chi connectivity index (χ1) is 18.0. The van der Waals surface area contributed by atoms with Crippen molar-refractivity contribution in [3.8, 4) is 0 Å². The Morgan fingerprint density at radius 2 is 1.57 bits per heavy atom. The van der Waals surface area contributed by atoms with Gasteiger partial charge in [-0.25, -0.2) is 14.0 Å². The van der Waals surface area contributed by atoms with E-state index in [4.69, 9.17) is 9.47 Å². The number of carbonyl (C=O) groups is 2. The number of aryl methyl sites for hydroxylation is 2. The first kappa shape index (κ1) is 30.8. The van der Waals surface area contributed by atoms with Gasteiger partial charge in [-0.1, -0.05) is 89.1 Å². The van der Waals surface area contributed by atoms with E-state index in [-0.39, 0.29) is 18.6 Å². The Kier molecular flexibility index (Phi) is 15.6. The lowest BCUT2D eigenvalue weighted by molar-refractivity contribution is -0.0186. The molecule has 1 unspecified atom stereocenters. The van der Waals surface area contributed by atoms with E-state index < -0.39 is 18.4 Å². The number of halogens is 1. The van der Waals surface area contributed by atoms with E-state index in [2.05, 4.69) is 24.4 Å². The van der Waals surface area contributed by atoms with Crippen molar-refractivity contribution in [3.05, 3.63) is 52.4 Å². The maximum Gasteiger partial charge on any atom is 0.412 e. The van der Waals surface area contributed by atoms with E-state index in [1.165, 1.54) is 55.4 Å². The van der Waals surface area contributed by atoms with Gasteiger partial charge in [-0.15, -0.1) is 11.3 Å². The predicted octanol–water partition coefficient (Wildman–Crippen LogP) is 9.26. The van der Waals surface area contributed by atoms with E-state index in [1.54, 1.807) is 6.07 Å². The highest BCUT2D eigenvalue weighted by atomic mass is 32.1. The normalized spacial score (nSPS) is 11.8. The molecule has 1 aromatic heterocycles. The maximum absolute atomic E-state index is 13.9. The number of benzene rings is 1.